The summed E-state index contributed by atoms with van der Waals surface area (Å²) < 4.78 is 6.82. The number of aryl methyl sites for hydroxylation is 2. The molecule has 0 aliphatic carbocycles. The van der Waals surface area contributed by atoms with E-state index in [1.54, 1.807) is 6.07 Å². The Morgan fingerprint density at radius 2 is 1.67 bits per heavy atom. The van der Waals surface area contributed by atoms with Crippen LogP contribution in [0.15, 0.2) is 65.1 Å². The predicted octanol–water partition coefficient (Wildman–Crippen LogP) is 6.02. The van der Waals surface area contributed by atoms with Gasteiger partial charge in [-0.2, -0.15) is 0 Å². The van der Waals surface area contributed by atoms with Crippen LogP contribution in [0.3, 0.4) is 0 Å². The van der Waals surface area contributed by atoms with E-state index in [9.17, 15) is 5.11 Å². The number of hydrogen-bond donors (Lipinski definition) is 1. The molecule has 2 nitrogen and oxygen atoms in total. The third-order valence-electron chi connectivity index (χ3n) is 4.01. The average Bonchev–Trinajstić information content (AvgIpc) is 2.58. The normalized spacial score (nSPS) is 10.6. The molecule has 3 rings (SSSR count). The van der Waals surface area contributed by atoms with Gasteiger partial charge in [0, 0.05) is 4.47 Å². The summed E-state index contributed by atoms with van der Waals surface area (Å²) in [5.41, 5.74) is 5.48. The van der Waals surface area contributed by atoms with Crippen molar-refractivity contribution in [2.24, 2.45) is 0 Å². The summed E-state index contributed by atoms with van der Waals surface area (Å²) in [5.74, 6) is 0.650. The lowest BCUT2D eigenvalue weighted by Crippen LogP contribution is -1.95. The van der Waals surface area contributed by atoms with E-state index in [1.807, 2.05) is 42.5 Å². The minimum Gasteiger partial charge on any atom is -0.504 e. The Morgan fingerprint density at radius 1 is 0.917 bits per heavy atom. The van der Waals surface area contributed by atoms with Crippen molar-refractivity contribution < 1.29 is 9.84 Å². The zero-order valence-electron chi connectivity index (χ0n) is 13.7. The molecule has 3 aromatic carbocycles. The number of phenolic OH excluding ortho intramolecular Hbond substituents is 1. The van der Waals surface area contributed by atoms with Gasteiger partial charge in [-0.25, -0.2) is 0 Å². The molecule has 0 fully saturated rings. The molecule has 0 bridgehead atoms. The first-order valence-electron chi connectivity index (χ1n) is 7.81. The first kappa shape index (κ1) is 16.6. The number of halogens is 1. The summed E-state index contributed by atoms with van der Waals surface area (Å²) in [6, 6.07) is 19.7. The lowest BCUT2D eigenvalue weighted by atomic mass is 9.98. The zero-order chi connectivity index (χ0) is 17.1. The zero-order valence-corrected chi connectivity index (χ0v) is 15.3. The molecule has 122 valence electrons. The molecule has 0 atom stereocenters. The number of phenols is 1. The van der Waals surface area contributed by atoms with Gasteiger partial charge in [0.15, 0.2) is 11.5 Å². The summed E-state index contributed by atoms with van der Waals surface area (Å²) >= 11 is 3.55. The van der Waals surface area contributed by atoms with Crippen molar-refractivity contribution in [2.45, 2.75) is 20.5 Å². The topological polar surface area (TPSA) is 29.5 Å². The molecule has 0 heterocycles. The largest absolute Gasteiger partial charge is 0.504 e. The van der Waals surface area contributed by atoms with Crippen LogP contribution in [0.1, 0.15) is 16.7 Å². The maximum Gasteiger partial charge on any atom is 0.161 e. The molecule has 0 amide bonds. The van der Waals surface area contributed by atoms with Crippen molar-refractivity contribution in [3.63, 3.8) is 0 Å². The van der Waals surface area contributed by atoms with Crippen LogP contribution in [-0.4, -0.2) is 5.11 Å². The van der Waals surface area contributed by atoms with Gasteiger partial charge in [-0.1, -0.05) is 58.4 Å². The molecular weight excluding hydrogens is 364 g/mol. The number of benzene rings is 3. The highest BCUT2D eigenvalue weighted by molar-refractivity contribution is 9.10. The van der Waals surface area contributed by atoms with Gasteiger partial charge in [0.25, 0.3) is 0 Å². The van der Waals surface area contributed by atoms with Gasteiger partial charge < -0.3 is 9.84 Å². The fourth-order valence-electron chi connectivity index (χ4n) is 2.63. The summed E-state index contributed by atoms with van der Waals surface area (Å²) in [6.07, 6.45) is 0. The van der Waals surface area contributed by atoms with Crippen molar-refractivity contribution >= 4 is 15.9 Å². The highest BCUT2D eigenvalue weighted by Gasteiger charge is 2.09. The average molecular weight is 383 g/mol. The van der Waals surface area contributed by atoms with E-state index >= 15 is 0 Å². The maximum absolute atomic E-state index is 10.3. The number of ether oxygens (including phenoxy) is 1. The molecule has 0 spiro atoms. The Bertz CT molecular complexity index is 857. The van der Waals surface area contributed by atoms with E-state index in [-0.39, 0.29) is 5.75 Å². The molecular formula is C21H19BrO2. The Labute approximate surface area is 150 Å². The highest BCUT2D eigenvalue weighted by Crippen LogP contribution is 2.35. The van der Waals surface area contributed by atoms with Gasteiger partial charge in [0.2, 0.25) is 0 Å². The van der Waals surface area contributed by atoms with Gasteiger partial charge in [-0.05, 0) is 59.9 Å². The summed E-state index contributed by atoms with van der Waals surface area (Å²) in [6.45, 7) is 4.56. The van der Waals surface area contributed by atoms with Crippen LogP contribution in [0.2, 0.25) is 0 Å². The Kier molecular flexibility index (Phi) is 4.91. The lowest BCUT2D eigenvalue weighted by Gasteiger charge is -2.12. The lowest BCUT2D eigenvalue weighted by molar-refractivity contribution is 0.289. The minimum atomic E-state index is 0.156. The molecule has 0 saturated heterocycles. The quantitative estimate of drug-likeness (QED) is 0.597. The van der Waals surface area contributed by atoms with Crippen LogP contribution < -0.4 is 4.74 Å². The van der Waals surface area contributed by atoms with Crippen LogP contribution in [0.4, 0.5) is 0 Å². The highest BCUT2D eigenvalue weighted by atomic mass is 79.9. The van der Waals surface area contributed by atoms with Crippen LogP contribution >= 0.6 is 15.9 Å². The van der Waals surface area contributed by atoms with Crippen LogP contribution in [0, 0.1) is 13.8 Å². The van der Waals surface area contributed by atoms with E-state index in [2.05, 4.69) is 41.9 Å². The van der Waals surface area contributed by atoms with Crippen molar-refractivity contribution in [2.75, 3.05) is 0 Å². The predicted molar refractivity (Wildman–Crippen MR) is 101 cm³/mol. The first-order valence-corrected chi connectivity index (χ1v) is 8.61. The van der Waals surface area contributed by atoms with Crippen LogP contribution in [0.5, 0.6) is 11.5 Å². The van der Waals surface area contributed by atoms with Crippen molar-refractivity contribution in [3.8, 4) is 22.6 Å². The number of hydrogen-bond acceptors (Lipinski definition) is 2. The standard InChI is InChI=1S/C21H19BrO2/c1-14-11-19(22)15(2)10-18(14)17-8-9-21(20(23)12-17)24-13-16-6-4-3-5-7-16/h3-12,23H,13H2,1-2H3. The Hall–Kier alpha value is -2.26. The second-order valence-electron chi connectivity index (χ2n) is 5.87. The van der Waals surface area contributed by atoms with E-state index in [0.29, 0.717) is 12.4 Å². The molecule has 0 aromatic heterocycles. The summed E-state index contributed by atoms with van der Waals surface area (Å²) in [4.78, 5) is 0. The van der Waals surface area contributed by atoms with Crippen LogP contribution in [-0.2, 0) is 6.61 Å². The third-order valence-corrected chi connectivity index (χ3v) is 4.87. The molecule has 3 heteroatoms. The first-order chi connectivity index (χ1) is 11.5. The van der Waals surface area contributed by atoms with Crippen molar-refractivity contribution in [1.29, 1.82) is 0 Å². The molecule has 3 aromatic rings. The summed E-state index contributed by atoms with van der Waals surface area (Å²) in [5, 5.41) is 10.3. The van der Waals surface area contributed by atoms with Gasteiger partial charge >= 0.3 is 0 Å². The van der Waals surface area contributed by atoms with Crippen LogP contribution in [0.25, 0.3) is 11.1 Å². The molecule has 0 saturated carbocycles. The second-order valence-corrected chi connectivity index (χ2v) is 6.73. The Balaban J connectivity index is 1.84. The van der Waals surface area contributed by atoms with E-state index in [0.717, 1.165) is 26.7 Å². The molecule has 24 heavy (non-hydrogen) atoms. The molecule has 0 aliphatic rings. The fraction of sp³-hybridized carbons (Fsp3) is 0.143. The number of aromatic hydroxyl groups is 1. The maximum atomic E-state index is 10.3. The smallest absolute Gasteiger partial charge is 0.161 e. The van der Waals surface area contributed by atoms with Crippen molar-refractivity contribution in [1.82, 2.24) is 0 Å². The van der Waals surface area contributed by atoms with Gasteiger partial charge in [-0.3, -0.25) is 0 Å². The monoisotopic (exact) mass is 382 g/mol. The molecule has 1 N–H and O–H groups in total. The SMILES string of the molecule is Cc1cc(-c2ccc(OCc3ccccc3)c(O)c2)c(C)cc1Br. The second kappa shape index (κ2) is 7.10. The van der Waals surface area contributed by atoms with E-state index in [4.69, 9.17) is 4.74 Å². The van der Waals surface area contributed by atoms with E-state index < -0.39 is 0 Å². The van der Waals surface area contributed by atoms with Gasteiger partial charge in [0.05, 0.1) is 0 Å². The van der Waals surface area contributed by atoms with Gasteiger partial charge in [-0.15, -0.1) is 0 Å². The molecule has 0 unspecified atom stereocenters. The summed E-state index contributed by atoms with van der Waals surface area (Å²) in [7, 11) is 0. The third kappa shape index (κ3) is 3.62. The molecule has 0 aliphatic heterocycles. The van der Waals surface area contributed by atoms with Gasteiger partial charge in [0.1, 0.15) is 6.61 Å². The van der Waals surface area contributed by atoms with Crippen molar-refractivity contribution in [3.05, 3.63) is 81.8 Å². The Morgan fingerprint density at radius 3 is 2.38 bits per heavy atom. The molecule has 0 radical (unpaired) electrons. The number of rotatable bonds is 4. The minimum absolute atomic E-state index is 0.156. The fourth-order valence-corrected chi connectivity index (χ4v) is 3.09. The van der Waals surface area contributed by atoms with E-state index in [1.165, 1.54) is 5.56 Å².